The van der Waals surface area contributed by atoms with Gasteiger partial charge < -0.3 is 9.32 Å². The van der Waals surface area contributed by atoms with Crippen LogP contribution in [0.2, 0.25) is 0 Å². The van der Waals surface area contributed by atoms with Crippen LogP contribution in [-0.2, 0) is 10.0 Å². The van der Waals surface area contributed by atoms with E-state index in [1.165, 1.54) is 6.39 Å². The lowest BCUT2D eigenvalue weighted by atomic mass is 10.1. The fourth-order valence-corrected chi connectivity index (χ4v) is 5.33. The second kappa shape index (κ2) is 6.60. The SMILES string of the molecule is Cc1ncoc1C(=O)N1CCC(S(=O)(=O)N2CCCCC2)CC1. The second-order valence-corrected chi connectivity index (χ2v) is 8.48. The van der Waals surface area contributed by atoms with Gasteiger partial charge in [-0.2, -0.15) is 0 Å². The molecular weight excluding hydrogens is 318 g/mol. The van der Waals surface area contributed by atoms with E-state index >= 15 is 0 Å². The van der Waals surface area contributed by atoms with Gasteiger partial charge in [-0.05, 0) is 32.6 Å². The predicted molar refractivity (Wildman–Crippen MR) is 84.5 cm³/mol. The molecule has 0 spiro atoms. The minimum absolute atomic E-state index is 0.200. The van der Waals surface area contributed by atoms with Crippen molar-refractivity contribution in [3.8, 4) is 0 Å². The fourth-order valence-electron chi connectivity index (χ4n) is 3.34. The summed E-state index contributed by atoms with van der Waals surface area (Å²) in [5.74, 6) is 0.0520. The summed E-state index contributed by atoms with van der Waals surface area (Å²) in [5, 5.41) is -0.375. The lowest BCUT2D eigenvalue weighted by Crippen LogP contribution is -2.48. The van der Waals surface area contributed by atoms with E-state index in [0.717, 1.165) is 19.3 Å². The first kappa shape index (κ1) is 16.4. The summed E-state index contributed by atoms with van der Waals surface area (Å²) in [4.78, 5) is 18.0. The largest absolute Gasteiger partial charge is 0.438 e. The van der Waals surface area contributed by atoms with Crippen molar-refractivity contribution in [3.05, 3.63) is 17.8 Å². The first-order chi connectivity index (χ1) is 11.0. The van der Waals surface area contributed by atoms with Gasteiger partial charge in [0.15, 0.2) is 6.39 Å². The Labute approximate surface area is 136 Å². The fraction of sp³-hybridized carbons (Fsp3) is 0.733. The molecule has 0 unspecified atom stereocenters. The molecule has 0 radical (unpaired) electrons. The molecule has 128 valence electrons. The number of hydrogen-bond acceptors (Lipinski definition) is 5. The first-order valence-electron chi connectivity index (χ1n) is 8.18. The van der Waals surface area contributed by atoms with Crippen LogP contribution in [0.15, 0.2) is 10.8 Å². The third-order valence-electron chi connectivity index (χ3n) is 4.77. The van der Waals surface area contributed by atoms with Gasteiger partial charge in [0.25, 0.3) is 5.91 Å². The molecule has 1 aromatic rings. The molecular formula is C15H23N3O4S. The second-order valence-electron chi connectivity index (χ2n) is 6.26. The number of aryl methyl sites for hydroxylation is 1. The van der Waals surface area contributed by atoms with E-state index in [4.69, 9.17) is 4.42 Å². The number of hydrogen-bond donors (Lipinski definition) is 0. The molecule has 0 aliphatic carbocycles. The van der Waals surface area contributed by atoms with Crippen LogP contribution >= 0.6 is 0 Å². The smallest absolute Gasteiger partial charge is 0.291 e. The Bertz CT molecular complexity index is 656. The van der Waals surface area contributed by atoms with Crippen LogP contribution in [0.4, 0.5) is 0 Å². The molecule has 0 saturated carbocycles. The number of sulfonamides is 1. The molecule has 3 rings (SSSR count). The Morgan fingerprint density at radius 3 is 2.39 bits per heavy atom. The molecule has 1 amide bonds. The zero-order chi connectivity index (χ0) is 16.4. The average Bonchev–Trinajstić information content (AvgIpc) is 3.01. The zero-order valence-electron chi connectivity index (χ0n) is 13.4. The summed E-state index contributed by atoms with van der Waals surface area (Å²) in [6.45, 7) is 3.88. The highest BCUT2D eigenvalue weighted by Gasteiger charge is 2.36. The van der Waals surface area contributed by atoms with Gasteiger partial charge in [-0.25, -0.2) is 17.7 Å². The van der Waals surface area contributed by atoms with Gasteiger partial charge in [0.05, 0.1) is 10.9 Å². The van der Waals surface area contributed by atoms with Crippen molar-refractivity contribution < 1.29 is 17.6 Å². The molecule has 7 nitrogen and oxygen atoms in total. The molecule has 2 saturated heterocycles. The minimum Gasteiger partial charge on any atom is -0.438 e. The highest BCUT2D eigenvalue weighted by atomic mass is 32.2. The summed E-state index contributed by atoms with van der Waals surface area (Å²) < 4.78 is 32.2. The maximum atomic E-state index is 12.7. The molecule has 1 aromatic heterocycles. The van der Waals surface area contributed by atoms with Crippen LogP contribution in [-0.4, -0.2) is 59.9 Å². The summed E-state index contributed by atoms with van der Waals surface area (Å²) >= 11 is 0. The Hall–Kier alpha value is -1.41. The van der Waals surface area contributed by atoms with Crippen LogP contribution < -0.4 is 0 Å². The lowest BCUT2D eigenvalue weighted by molar-refractivity contribution is 0.0691. The molecule has 2 aliphatic rings. The van der Waals surface area contributed by atoms with Gasteiger partial charge in [-0.3, -0.25) is 4.79 Å². The molecule has 3 heterocycles. The van der Waals surface area contributed by atoms with E-state index in [-0.39, 0.29) is 16.9 Å². The van der Waals surface area contributed by atoms with Crippen LogP contribution in [0, 0.1) is 6.92 Å². The Morgan fingerprint density at radius 2 is 1.83 bits per heavy atom. The number of nitrogens with zero attached hydrogens (tertiary/aromatic N) is 3. The number of aromatic nitrogens is 1. The highest BCUT2D eigenvalue weighted by molar-refractivity contribution is 7.89. The van der Waals surface area contributed by atoms with Crippen LogP contribution in [0.3, 0.4) is 0 Å². The van der Waals surface area contributed by atoms with E-state index in [9.17, 15) is 13.2 Å². The molecule has 8 heteroatoms. The van der Waals surface area contributed by atoms with Gasteiger partial charge in [0.1, 0.15) is 0 Å². The van der Waals surface area contributed by atoms with Crippen molar-refractivity contribution in [1.82, 2.24) is 14.2 Å². The van der Waals surface area contributed by atoms with Crippen molar-refractivity contribution >= 4 is 15.9 Å². The summed E-state index contributed by atoms with van der Waals surface area (Å²) in [7, 11) is -3.24. The molecule has 2 fully saturated rings. The monoisotopic (exact) mass is 341 g/mol. The third kappa shape index (κ3) is 3.28. The van der Waals surface area contributed by atoms with Gasteiger partial charge in [-0.1, -0.05) is 6.42 Å². The molecule has 0 aromatic carbocycles. The van der Waals surface area contributed by atoms with E-state index in [0.29, 0.717) is 44.7 Å². The lowest BCUT2D eigenvalue weighted by Gasteiger charge is -2.35. The number of carbonyl (C=O) groups is 1. The Morgan fingerprint density at radius 1 is 1.17 bits per heavy atom. The standard InChI is InChI=1S/C15H23N3O4S/c1-12-14(22-11-16-12)15(19)17-9-5-13(6-10-17)23(20,21)18-7-3-2-4-8-18/h11,13H,2-10H2,1H3. The van der Waals surface area contributed by atoms with Crippen molar-refractivity contribution in [2.24, 2.45) is 0 Å². The third-order valence-corrected chi connectivity index (χ3v) is 7.16. The normalized spacial score (nSPS) is 21.5. The highest BCUT2D eigenvalue weighted by Crippen LogP contribution is 2.25. The van der Waals surface area contributed by atoms with Crippen molar-refractivity contribution in [3.63, 3.8) is 0 Å². The Kier molecular flexibility index (Phi) is 4.72. The van der Waals surface area contributed by atoms with E-state index in [2.05, 4.69) is 4.98 Å². The van der Waals surface area contributed by atoms with Gasteiger partial charge >= 0.3 is 0 Å². The zero-order valence-corrected chi connectivity index (χ0v) is 14.2. The van der Waals surface area contributed by atoms with Crippen LogP contribution in [0.25, 0.3) is 0 Å². The van der Waals surface area contributed by atoms with Crippen LogP contribution in [0.5, 0.6) is 0 Å². The first-order valence-corrected chi connectivity index (χ1v) is 9.69. The van der Waals surface area contributed by atoms with Gasteiger partial charge in [0, 0.05) is 26.2 Å². The van der Waals surface area contributed by atoms with Gasteiger partial charge in [0.2, 0.25) is 15.8 Å². The number of likely N-dealkylation sites (tertiary alicyclic amines) is 1. The Balaban J connectivity index is 1.62. The number of carbonyl (C=O) groups excluding carboxylic acids is 1. The summed E-state index contributed by atoms with van der Waals surface area (Å²) in [6.07, 6.45) is 5.23. The molecule has 0 N–H and O–H groups in total. The molecule has 23 heavy (non-hydrogen) atoms. The average molecular weight is 341 g/mol. The number of rotatable bonds is 3. The number of amides is 1. The molecule has 0 atom stereocenters. The summed E-state index contributed by atoms with van der Waals surface area (Å²) in [5.41, 5.74) is 0.568. The van der Waals surface area contributed by atoms with E-state index in [1.807, 2.05) is 0 Å². The predicted octanol–water partition coefficient (Wildman–Crippen LogP) is 1.40. The van der Waals surface area contributed by atoms with E-state index < -0.39 is 10.0 Å². The number of piperidine rings is 2. The van der Waals surface area contributed by atoms with Crippen molar-refractivity contribution in [2.75, 3.05) is 26.2 Å². The topological polar surface area (TPSA) is 83.7 Å². The molecule has 2 aliphatic heterocycles. The maximum absolute atomic E-state index is 12.7. The number of oxazole rings is 1. The van der Waals surface area contributed by atoms with Crippen LogP contribution in [0.1, 0.15) is 48.4 Å². The summed E-state index contributed by atoms with van der Waals surface area (Å²) in [6, 6.07) is 0. The quantitative estimate of drug-likeness (QED) is 0.830. The minimum atomic E-state index is -3.24. The van der Waals surface area contributed by atoms with Crippen molar-refractivity contribution in [1.29, 1.82) is 0 Å². The molecule has 0 bridgehead atoms. The maximum Gasteiger partial charge on any atom is 0.291 e. The van der Waals surface area contributed by atoms with E-state index in [1.54, 1.807) is 16.1 Å². The van der Waals surface area contributed by atoms with Gasteiger partial charge in [-0.15, -0.1) is 0 Å². The van der Waals surface area contributed by atoms with Crippen molar-refractivity contribution in [2.45, 2.75) is 44.3 Å².